The Morgan fingerprint density at radius 3 is 2.89 bits per heavy atom. The lowest BCUT2D eigenvalue weighted by atomic mass is 10.1. The minimum atomic E-state index is 0.458. The minimum Gasteiger partial charge on any atom is -0.487 e. The number of ether oxygens (including phenoxy) is 1. The van der Waals surface area contributed by atoms with E-state index in [-0.39, 0.29) is 0 Å². The monoisotopic (exact) mass is 259 g/mol. The summed E-state index contributed by atoms with van der Waals surface area (Å²) < 4.78 is 5.75. The van der Waals surface area contributed by atoms with E-state index in [1.807, 2.05) is 18.2 Å². The second-order valence-electron chi connectivity index (χ2n) is 4.52. The molecule has 0 bridgehead atoms. The summed E-state index contributed by atoms with van der Waals surface area (Å²) in [6.45, 7) is 0.458. The summed E-state index contributed by atoms with van der Waals surface area (Å²) in [6, 6.07) is 11.9. The van der Waals surface area contributed by atoms with E-state index in [0.29, 0.717) is 11.8 Å². The third kappa shape index (κ3) is 2.49. The average molecular weight is 260 g/mol. The molecule has 2 aromatic rings. The van der Waals surface area contributed by atoms with Crippen molar-refractivity contribution in [2.24, 2.45) is 0 Å². The molecule has 0 saturated heterocycles. The second kappa shape index (κ2) is 4.99. The van der Waals surface area contributed by atoms with E-state index in [0.717, 1.165) is 11.4 Å². The number of hydrogen-bond acceptors (Lipinski definition) is 2. The van der Waals surface area contributed by atoms with Crippen molar-refractivity contribution >= 4 is 11.6 Å². The average Bonchev–Trinajstić information content (AvgIpc) is 2.84. The third-order valence-corrected chi connectivity index (χ3v) is 3.44. The maximum atomic E-state index is 5.84. The number of aromatic nitrogens is 1. The number of hydrogen-bond donors (Lipinski definition) is 0. The SMILES string of the molecule is Clc1cccc(COc2ccc3c(c2)CCC3)n1. The van der Waals surface area contributed by atoms with Crippen LogP contribution in [0.25, 0.3) is 0 Å². The van der Waals surface area contributed by atoms with Gasteiger partial charge in [-0.05, 0) is 54.7 Å². The van der Waals surface area contributed by atoms with Gasteiger partial charge in [-0.3, -0.25) is 0 Å². The summed E-state index contributed by atoms with van der Waals surface area (Å²) >= 11 is 5.84. The zero-order chi connectivity index (χ0) is 12.4. The molecule has 92 valence electrons. The lowest BCUT2D eigenvalue weighted by Gasteiger charge is -2.07. The lowest BCUT2D eigenvalue weighted by Crippen LogP contribution is -1.98. The highest BCUT2D eigenvalue weighted by Gasteiger charge is 2.11. The molecule has 18 heavy (non-hydrogen) atoms. The Balaban J connectivity index is 1.70. The van der Waals surface area contributed by atoms with Crippen molar-refractivity contribution in [3.05, 3.63) is 58.4 Å². The molecular formula is C15H14ClNO. The van der Waals surface area contributed by atoms with Crippen LogP contribution in [0.5, 0.6) is 5.75 Å². The van der Waals surface area contributed by atoms with Gasteiger partial charge in [0.05, 0.1) is 5.69 Å². The maximum absolute atomic E-state index is 5.84. The Bertz CT molecular complexity index is 568. The van der Waals surface area contributed by atoms with Gasteiger partial charge < -0.3 is 4.74 Å². The van der Waals surface area contributed by atoms with Gasteiger partial charge in [-0.15, -0.1) is 0 Å². The van der Waals surface area contributed by atoms with Crippen LogP contribution in [0.3, 0.4) is 0 Å². The molecule has 0 saturated carbocycles. The molecule has 1 aliphatic carbocycles. The van der Waals surface area contributed by atoms with Crippen LogP contribution in [0.1, 0.15) is 23.2 Å². The molecule has 0 unspecified atom stereocenters. The minimum absolute atomic E-state index is 0.458. The Hall–Kier alpha value is -1.54. The van der Waals surface area contributed by atoms with Gasteiger partial charge >= 0.3 is 0 Å². The Morgan fingerprint density at radius 2 is 2.00 bits per heavy atom. The van der Waals surface area contributed by atoms with Crippen molar-refractivity contribution in [3.8, 4) is 5.75 Å². The molecule has 0 amide bonds. The van der Waals surface area contributed by atoms with Gasteiger partial charge in [0.25, 0.3) is 0 Å². The standard InChI is InChI=1S/C15H14ClNO/c16-15-6-2-5-13(17-15)10-18-14-8-7-11-3-1-4-12(11)9-14/h2,5-9H,1,3-4,10H2. The molecule has 0 aliphatic heterocycles. The van der Waals surface area contributed by atoms with Crippen molar-refractivity contribution < 1.29 is 4.74 Å². The first-order valence-electron chi connectivity index (χ1n) is 6.17. The van der Waals surface area contributed by atoms with E-state index in [1.54, 1.807) is 6.07 Å². The van der Waals surface area contributed by atoms with Gasteiger partial charge in [0.2, 0.25) is 0 Å². The lowest BCUT2D eigenvalue weighted by molar-refractivity contribution is 0.301. The zero-order valence-electron chi connectivity index (χ0n) is 10.0. The highest BCUT2D eigenvalue weighted by molar-refractivity contribution is 6.29. The molecule has 1 aromatic heterocycles. The Kier molecular flexibility index (Phi) is 3.20. The number of rotatable bonds is 3. The number of halogens is 1. The van der Waals surface area contributed by atoms with E-state index in [2.05, 4.69) is 17.1 Å². The van der Waals surface area contributed by atoms with Crippen molar-refractivity contribution in [3.63, 3.8) is 0 Å². The summed E-state index contributed by atoms with van der Waals surface area (Å²) in [5.74, 6) is 0.914. The molecule has 1 aromatic carbocycles. The number of fused-ring (bicyclic) bond motifs is 1. The molecule has 2 nitrogen and oxygen atoms in total. The second-order valence-corrected chi connectivity index (χ2v) is 4.91. The normalized spacial score (nSPS) is 13.4. The topological polar surface area (TPSA) is 22.1 Å². The van der Waals surface area contributed by atoms with E-state index >= 15 is 0 Å². The van der Waals surface area contributed by atoms with Gasteiger partial charge in [-0.25, -0.2) is 4.98 Å². The molecular weight excluding hydrogens is 246 g/mol. The van der Waals surface area contributed by atoms with E-state index in [4.69, 9.17) is 16.3 Å². The molecule has 0 radical (unpaired) electrons. The summed E-state index contributed by atoms with van der Waals surface area (Å²) in [5, 5.41) is 0.505. The van der Waals surface area contributed by atoms with Crippen molar-refractivity contribution in [1.82, 2.24) is 4.98 Å². The van der Waals surface area contributed by atoms with Crippen LogP contribution < -0.4 is 4.74 Å². The number of pyridine rings is 1. The fourth-order valence-electron chi connectivity index (χ4n) is 2.33. The fraction of sp³-hybridized carbons (Fsp3) is 0.267. The molecule has 1 heterocycles. The quantitative estimate of drug-likeness (QED) is 0.782. The number of benzene rings is 1. The molecule has 3 rings (SSSR count). The van der Waals surface area contributed by atoms with Crippen molar-refractivity contribution in [2.75, 3.05) is 0 Å². The molecule has 0 atom stereocenters. The van der Waals surface area contributed by atoms with Crippen LogP contribution in [0.2, 0.25) is 5.15 Å². The predicted octanol–water partition coefficient (Wildman–Crippen LogP) is 3.80. The number of aryl methyl sites for hydroxylation is 2. The van der Waals surface area contributed by atoms with Gasteiger partial charge in [0.15, 0.2) is 0 Å². The Morgan fingerprint density at radius 1 is 1.11 bits per heavy atom. The van der Waals surface area contributed by atoms with E-state index in [1.165, 1.54) is 30.4 Å². The van der Waals surface area contributed by atoms with Crippen LogP contribution >= 0.6 is 11.6 Å². The highest BCUT2D eigenvalue weighted by Crippen LogP contribution is 2.26. The first-order chi connectivity index (χ1) is 8.81. The zero-order valence-corrected chi connectivity index (χ0v) is 10.8. The molecule has 3 heteroatoms. The van der Waals surface area contributed by atoms with Gasteiger partial charge in [-0.1, -0.05) is 23.7 Å². The molecule has 0 fully saturated rings. The third-order valence-electron chi connectivity index (χ3n) is 3.23. The van der Waals surface area contributed by atoms with Gasteiger partial charge in [0.1, 0.15) is 17.5 Å². The largest absolute Gasteiger partial charge is 0.487 e. The summed E-state index contributed by atoms with van der Waals surface area (Å²) in [6.07, 6.45) is 3.63. The summed E-state index contributed by atoms with van der Waals surface area (Å²) in [7, 11) is 0. The van der Waals surface area contributed by atoms with Crippen LogP contribution in [0.4, 0.5) is 0 Å². The van der Waals surface area contributed by atoms with Crippen LogP contribution in [0.15, 0.2) is 36.4 Å². The first kappa shape index (κ1) is 11.5. The van der Waals surface area contributed by atoms with Crippen LogP contribution in [0, 0.1) is 0 Å². The van der Waals surface area contributed by atoms with Crippen molar-refractivity contribution in [1.29, 1.82) is 0 Å². The maximum Gasteiger partial charge on any atom is 0.130 e. The number of nitrogens with zero attached hydrogens (tertiary/aromatic N) is 1. The van der Waals surface area contributed by atoms with Gasteiger partial charge in [0, 0.05) is 0 Å². The van der Waals surface area contributed by atoms with Gasteiger partial charge in [-0.2, -0.15) is 0 Å². The highest BCUT2D eigenvalue weighted by atomic mass is 35.5. The summed E-state index contributed by atoms with van der Waals surface area (Å²) in [4.78, 5) is 4.20. The molecule has 0 N–H and O–H groups in total. The Labute approximate surface area is 112 Å². The molecule has 0 spiro atoms. The smallest absolute Gasteiger partial charge is 0.130 e. The molecule has 1 aliphatic rings. The van der Waals surface area contributed by atoms with E-state index < -0.39 is 0 Å². The van der Waals surface area contributed by atoms with E-state index in [9.17, 15) is 0 Å². The van der Waals surface area contributed by atoms with Crippen molar-refractivity contribution in [2.45, 2.75) is 25.9 Å². The fourth-order valence-corrected chi connectivity index (χ4v) is 2.51. The van der Waals surface area contributed by atoms with Crippen LogP contribution in [-0.4, -0.2) is 4.98 Å². The van der Waals surface area contributed by atoms with Crippen LogP contribution in [-0.2, 0) is 19.4 Å². The summed E-state index contributed by atoms with van der Waals surface area (Å²) in [5.41, 5.74) is 3.73. The predicted molar refractivity (Wildman–Crippen MR) is 72.0 cm³/mol. The first-order valence-corrected chi connectivity index (χ1v) is 6.55.